The SMILES string of the molecule is Cl.c1ccc(C2C[C@@H]2NCc2ccc3c(c2)CCO3)cc1. The Labute approximate surface area is 131 Å². The fourth-order valence-corrected chi connectivity index (χ4v) is 3.09. The molecule has 1 unspecified atom stereocenters. The summed E-state index contributed by atoms with van der Waals surface area (Å²) in [4.78, 5) is 0. The summed E-state index contributed by atoms with van der Waals surface area (Å²) in [6.07, 6.45) is 2.32. The molecule has 1 saturated carbocycles. The van der Waals surface area contributed by atoms with Crippen molar-refractivity contribution in [3.63, 3.8) is 0 Å². The maximum atomic E-state index is 5.55. The molecule has 0 spiro atoms. The van der Waals surface area contributed by atoms with Crippen LogP contribution in [0.5, 0.6) is 5.75 Å². The molecular weight excluding hydrogens is 282 g/mol. The van der Waals surface area contributed by atoms with Gasteiger partial charge in [0.1, 0.15) is 5.75 Å². The number of hydrogen-bond acceptors (Lipinski definition) is 2. The van der Waals surface area contributed by atoms with E-state index in [1.54, 1.807) is 0 Å². The van der Waals surface area contributed by atoms with Crippen LogP contribution in [0, 0.1) is 0 Å². The molecule has 1 aliphatic heterocycles. The molecule has 3 heteroatoms. The average molecular weight is 302 g/mol. The predicted octanol–water partition coefficient (Wildman–Crippen LogP) is 3.69. The van der Waals surface area contributed by atoms with Gasteiger partial charge in [-0.25, -0.2) is 0 Å². The number of benzene rings is 2. The Kier molecular flexibility index (Phi) is 4.18. The molecule has 0 radical (unpaired) electrons. The molecule has 1 heterocycles. The van der Waals surface area contributed by atoms with Gasteiger partial charge in [0.25, 0.3) is 0 Å². The van der Waals surface area contributed by atoms with Crippen LogP contribution in [0.3, 0.4) is 0 Å². The Hall–Kier alpha value is -1.51. The maximum absolute atomic E-state index is 5.55. The second kappa shape index (κ2) is 6.08. The van der Waals surface area contributed by atoms with E-state index in [0.717, 1.165) is 25.3 Å². The highest BCUT2D eigenvalue weighted by atomic mass is 35.5. The van der Waals surface area contributed by atoms with Crippen molar-refractivity contribution in [3.05, 3.63) is 65.2 Å². The highest BCUT2D eigenvalue weighted by Gasteiger charge is 2.37. The van der Waals surface area contributed by atoms with Crippen LogP contribution in [-0.2, 0) is 13.0 Å². The Balaban J connectivity index is 0.00000132. The van der Waals surface area contributed by atoms with E-state index in [0.29, 0.717) is 12.0 Å². The molecule has 110 valence electrons. The molecule has 0 aromatic heterocycles. The Bertz CT molecular complexity index is 614. The largest absolute Gasteiger partial charge is 0.493 e. The van der Waals surface area contributed by atoms with E-state index in [4.69, 9.17) is 4.74 Å². The van der Waals surface area contributed by atoms with Gasteiger partial charge in [-0.1, -0.05) is 42.5 Å². The summed E-state index contributed by atoms with van der Waals surface area (Å²) in [5, 5.41) is 3.67. The van der Waals surface area contributed by atoms with Crippen molar-refractivity contribution in [3.8, 4) is 5.75 Å². The second-order valence-electron chi connectivity index (χ2n) is 5.78. The van der Waals surface area contributed by atoms with E-state index in [2.05, 4.69) is 53.8 Å². The third kappa shape index (κ3) is 3.07. The number of ether oxygens (including phenoxy) is 1. The van der Waals surface area contributed by atoms with Gasteiger partial charge in [-0.2, -0.15) is 0 Å². The number of rotatable bonds is 4. The zero-order valence-corrected chi connectivity index (χ0v) is 12.7. The van der Waals surface area contributed by atoms with Crippen molar-refractivity contribution in [2.45, 2.75) is 31.3 Å². The molecule has 2 aromatic carbocycles. The first-order valence-electron chi connectivity index (χ1n) is 7.43. The van der Waals surface area contributed by atoms with E-state index in [1.165, 1.54) is 23.1 Å². The normalized spacial score (nSPS) is 22.1. The van der Waals surface area contributed by atoms with Gasteiger partial charge < -0.3 is 10.1 Å². The quantitative estimate of drug-likeness (QED) is 0.930. The summed E-state index contributed by atoms with van der Waals surface area (Å²) in [5.74, 6) is 1.77. The maximum Gasteiger partial charge on any atom is 0.122 e. The topological polar surface area (TPSA) is 21.3 Å². The molecule has 2 nitrogen and oxygen atoms in total. The Morgan fingerprint density at radius 2 is 1.95 bits per heavy atom. The number of halogens is 1. The van der Waals surface area contributed by atoms with Crippen LogP contribution < -0.4 is 10.1 Å². The lowest BCUT2D eigenvalue weighted by molar-refractivity contribution is 0.357. The van der Waals surface area contributed by atoms with E-state index in [-0.39, 0.29) is 12.4 Å². The molecule has 0 saturated heterocycles. The minimum Gasteiger partial charge on any atom is -0.493 e. The summed E-state index contributed by atoms with van der Waals surface area (Å²) in [5.41, 5.74) is 4.19. The Morgan fingerprint density at radius 3 is 2.81 bits per heavy atom. The zero-order chi connectivity index (χ0) is 13.4. The van der Waals surface area contributed by atoms with E-state index in [1.807, 2.05) is 0 Å². The summed E-state index contributed by atoms with van der Waals surface area (Å²) in [7, 11) is 0. The molecule has 0 bridgehead atoms. The highest BCUT2D eigenvalue weighted by Crippen LogP contribution is 2.40. The van der Waals surface area contributed by atoms with Crippen LogP contribution >= 0.6 is 12.4 Å². The predicted molar refractivity (Wildman–Crippen MR) is 87.3 cm³/mol. The third-order valence-electron chi connectivity index (χ3n) is 4.34. The molecule has 4 rings (SSSR count). The molecule has 2 atom stereocenters. The molecular formula is C18H20ClNO. The monoisotopic (exact) mass is 301 g/mol. The molecule has 1 N–H and O–H groups in total. The van der Waals surface area contributed by atoms with Gasteiger partial charge in [-0.15, -0.1) is 12.4 Å². The summed E-state index contributed by atoms with van der Waals surface area (Å²) < 4.78 is 5.55. The van der Waals surface area contributed by atoms with E-state index in [9.17, 15) is 0 Å². The number of fused-ring (bicyclic) bond motifs is 1. The van der Waals surface area contributed by atoms with Gasteiger partial charge in [-0.05, 0) is 29.2 Å². The van der Waals surface area contributed by atoms with Crippen LogP contribution in [0.25, 0.3) is 0 Å². The van der Waals surface area contributed by atoms with Gasteiger partial charge >= 0.3 is 0 Å². The van der Waals surface area contributed by atoms with Crippen molar-refractivity contribution in [2.75, 3.05) is 6.61 Å². The minimum atomic E-state index is 0. The van der Waals surface area contributed by atoms with Crippen LogP contribution in [0.2, 0.25) is 0 Å². The summed E-state index contributed by atoms with van der Waals surface area (Å²) >= 11 is 0. The standard InChI is InChI=1S/C18H19NO.ClH/c1-2-4-14(5-3-1)16-11-17(16)19-12-13-6-7-18-15(10-13)8-9-20-18;/h1-7,10,16-17,19H,8-9,11-12H2;1H/t16?,17-;/m0./s1. The molecule has 0 amide bonds. The van der Waals surface area contributed by atoms with Crippen molar-refractivity contribution >= 4 is 12.4 Å². The average Bonchev–Trinajstić information content (AvgIpc) is 3.13. The van der Waals surface area contributed by atoms with Gasteiger partial charge in [0, 0.05) is 24.9 Å². The van der Waals surface area contributed by atoms with Crippen molar-refractivity contribution < 1.29 is 4.74 Å². The first kappa shape index (κ1) is 14.4. The molecule has 1 aliphatic carbocycles. The molecule has 2 aromatic rings. The second-order valence-corrected chi connectivity index (χ2v) is 5.78. The van der Waals surface area contributed by atoms with Crippen molar-refractivity contribution in [2.24, 2.45) is 0 Å². The van der Waals surface area contributed by atoms with Crippen LogP contribution in [0.4, 0.5) is 0 Å². The van der Waals surface area contributed by atoms with Crippen LogP contribution in [0.15, 0.2) is 48.5 Å². The van der Waals surface area contributed by atoms with Gasteiger partial charge in [0.05, 0.1) is 6.61 Å². The van der Waals surface area contributed by atoms with Crippen molar-refractivity contribution in [1.82, 2.24) is 5.32 Å². The van der Waals surface area contributed by atoms with Crippen molar-refractivity contribution in [1.29, 1.82) is 0 Å². The lowest BCUT2D eigenvalue weighted by Crippen LogP contribution is -2.17. The summed E-state index contributed by atoms with van der Waals surface area (Å²) in [6.45, 7) is 1.80. The first-order chi connectivity index (χ1) is 9.90. The smallest absolute Gasteiger partial charge is 0.122 e. The van der Waals surface area contributed by atoms with E-state index >= 15 is 0 Å². The van der Waals surface area contributed by atoms with Gasteiger partial charge in [-0.3, -0.25) is 0 Å². The van der Waals surface area contributed by atoms with E-state index < -0.39 is 0 Å². The Morgan fingerprint density at radius 1 is 1.10 bits per heavy atom. The van der Waals surface area contributed by atoms with Gasteiger partial charge in [0.2, 0.25) is 0 Å². The van der Waals surface area contributed by atoms with Crippen LogP contribution in [-0.4, -0.2) is 12.6 Å². The number of hydrogen-bond donors (Lipinski definition) is 1. The first-order valence-corrected chi connectivity index (χ1v) is 7.43. The fraction of sp³-hybridized carbons (Fsp3) is 0.333. The summed E-state index contributed by atoms with van der Waals surface area (Å²) in [6, 6.07) is 18.0. The van der Waals surface area contributed by atoms with Crippen LogP contribution in [0.1, 0.15) is 29.0 Å². The lowest BCUT2D eigenvalue weighted by atomic mass is 10.1. The lowest BCUT2D eigenvalue weighted by Gasteiger charge is -2.06. The molecule has 1 fully saturated rings. The number of nitrogens with one attached hydrogen (secondary N) is 1. The van der Waals surface area contributed by atoms with Gasteiger partial charge in [0.15, 0.2) is 0 Å². The third-order valence-corrected chi connectivity index (χ3v) is 4.34. The highest BCUT2D eigenvalue weighted by molar-refractivity contribution is 5.85. The zero-order valence-electron chi connectivity index (χ0n) is 11.9. The molecule has 21 heavy (non-hydrogen) atoms. The molecule has 2 aliphatic rings. The fourth-order valence-electron chi connectivity index (χ4n) is 3.09. The minimum absolute atomic E-state index is 0.